The summed E-state index contributed by atoms with van der Waals surface area (Å²) < 4.78 is 23.4. The van der Waals surface area contributed by atoms with Crippen LogP contribution >= 0.6 is 11.3 Å². The number of piperidine rings is 1. The molecule has 2 N–H and O–H groups in total. The van der Waals surface area contributed by atoms with Gasteiger partial charge in [-0.2, -0.15) is 0 Å². The predicted octanol–water partition coefficient (Wildman–Crippen LogP) is 6.40. The first-order valence-corrected chi connectivity index (χ1v) is 16.1. The Bertz CT molecular complexity index is 2070. The molecule has 2 fully saturated rings. The number of nitrogens with zero attached hydrogens (tertiary/aromatic N) is 4. The standard InChI is InChI=1S/C35H32FN5O3S/c1-18-31-29(44-2)11-22(35(43)40-16-24(36)13-25(37)17-40)12-30(31)45-32(18)28-10-21-6-8-27(39-33(21)41(28)15-19-3-4-19)20-5-7-26-23(9-20)14-38-34(26)42/h5-12,14,19,24-25H,3-4,13,15-17,37H2,1-2H3/t24-,25-/m1/s1. The predicted molar refractivity (Wildman–Crippen MR) is 175 cm³/mol. The minimum atomic E-state index is -1.12. The lowest BCUT2D eigenvalue weighted by Gasteiger charge is -2.33. The van der Waals surface area contributed by atoms with Crippen molar-refractivity contribution in [2.24, 2.45) is 16.6 Å². The minimum absolute atomic E-state index is 0.0506. The van der Waals surface area contributed by atoms with Gasteiger partial charge in [-0.3, -0.25) is 9.59 Å². The molecule has 1 aliphatic carbocycles. The maximum Gasteiger partial charge on any atom is 0.277 e. The van der Waals surface area contributed by atoms with E-state index < -0.39 is 6.17 Å². The number of amides is 2. The number of aryl methyl sites for hydroxylation is 1. The summed E-state index contributed by atoms with van der Waals surface area (Å²) >= 11 is 1.63. The molecule has 3 aromatic heterocycles. The Hall–Kier alpha value is -4.41. The van der Waals surface area contributed by atoms with E-state index in [1.165, 1.54) is 17.7 Å². The first kappa shape index (κ1) is 28.1. The molecule has 2 atom stereocenters. The summed E-state index contributed by atoms with van der Waals surface area (Å²) in [6.07, 6.45) is 3.16. The van der Waals surface area contributed by atoms with E-state index in [2.05, 4.69) is 28.6 Å². The van der Waals surface area contributed by atoms with Crippen molar-refractivity contribution in [3.63, 3.8) is 0 Å². The molecule has 45 heavy (non-hydrogen) atoms. The summed E-state index contributed by atoms with van der Waals surface area (Å²) in [5, 5.41) is 2.02. The zero-order chi connectivity index (χ0) is 31.0. The van der Waals surface area contributed by atoms with E-state index in [9.17, 15) is 14.0 Å². The molecule has 5 heterocycles. The Kier molecular flexibility index (Phi) is 6.61. The van der Waals surface area contributed by atoms with Crippen LogP contribution in [0.5, 0.6) is 5.75 Å². The molecule has 10 heteroatoms. The van der Waals surface area contributed by atoms with Crippen molar-refractivity contribution in [1.82, 2.24) is 14.5 Å². The number of fused-ring (bicyclic) bond motifs is 3. The van der Waals surface area contributed by atoms with Gasteiger partial charge in [-0.25, -0.2) is 14.4 Å². The molecule has 1 saturated carbocycles. The number of aromatic nitrogens is 2. The van der Waals surface area contributed by atoms with E-state index in [0.717, 1.165) is 60.6 Å². The molecule has 1 saturated heterocycles. The van der Waals surface area contributed by atoms with Crippen LogP contribution in [0.1, 0.15) is 51.1 Å². The summed E-state index contributed by atoms with van der Waals surface area (Å²) in [5.41, 5.74) is 12.8. The number of aliphatic imine (C=N–C) groups is 1. The van der Waals surface area contributed by atoms with E-state index in [1.807, 2.05) is 30.3 Å². The zero-order valence-corrected chi connectivity index (χ0v) is 25.9. The number of rotatable bonds is 6. The number of hydrogen-bond donors (Lipinski definition) is 1. The summed E-state index contributed by atoms with van der Waals surface area (Å²) in [7, 11) is 1.62. The number of ether oxygens (including phenoxy) is 1. The molecule has 228 valence electrons. The number of pyridine rings is 1. The number of halogens is 1. The number of carbonyl (C=O) groups is 2. The van der Waals surface area contributed by atoms with Crippen LogP contribution in [-0.2, 0) is 6.54 Å². The normalized spacial score (nSPS) is 19.6. The quantitative estimate of drug-likeness (QED) is 0.237. The third kappa shape index (κ3) is 4.83. The Morgan fingerprint density at radius 2 is 1.98 bits per heavy atom. The lowest BCUT2D eigenvalue weighted by atomic mass is 10.0. The van der Waals surface area contributed by atoms with Crippen LogP contribution in [-0.4, -0.2) is 64.9 Å². The monoisotopic (exact) mass is 621 g/mol. The molecule has 2 aliphatic heterocycles. The molecule has 0 bridgehead atoms. The van der Waals surface area contributed by atoms with E-state index in [-0.39, 0.29) is 30.8 Å². The van der Waals surface area contributed by atoms with Crippen molar-refractivity contribution >= 4 is 50.5 Å². The maximum atomic E-state index is 14.3. The average Bonchev–Trinajstić information content (AvgIpc) is 3.56. The van der Waals surface area contributed by atoms with Crippen molar-refractivity contribution in [2.75, 3.05) is 20.2 Å². The topological polar surface area (TPSA) is 103 Å². The Morgan fingerprint density at radius 3 is 2.76 bits per heavy atom. The highest BCUT2D eigenvalue weighted by Crippen LogP contribution is 2.45. The highest BCUT2D eigenvalue weighted by molar-refractivity contribution is 7.22. The summed E-state index contributed by atoms with van der Waals surface area (Å²) in [4.78, 5) is 37.2. The summed E-state index contributed by atoms with van der Waals surface area (Å²) in [6, 6.07) is 15.4. The number of alkyl halides is 1. The Balaban J connectivity index is 1.23. The molecule has 0 spiro atoms. The SMILES string of the molecule is COc1cc(C(=O)N2C[C@H](N)C[C@@H](F)C2)cc2sc(-c3cc4ccc(-c5ccc6c(c5)C=NC6=O)nc4n3CC3CC3)c(C)c12. The molecule has 2 amide bonds. The van der Waals surface area contributed by atoms with Gasteiger partial charge in [-0.15, -0.1) is 11.3 Å². The zero-order valence-electron chi connectivity index (χ0n) is 25.0. The fourth-order valence-corrected chi connectivity index (χ4v) is 8.02. The molecule has 2 aromatic carbocycles. The highest BCUT2D eigenvalue weighted by Gasteiger charge is 2.30. The Morgan fingerprint density at radius 1 is 1.13 bits per heavy atom. The number of benzene rings is 2. The van der Waals surface area contributed by atoms with Crippen molar-refractivity contribution < 1.29 is 18.7 Å². The molecule has 0 radical (unpaired) electrons. The molecule has 0 unspecified atom stereocenters. The summed E-state index contributed by atoms with van der Waals surface area (Å²) in [6.45, 7) is 3.35. The largest absolute Gasteiger partial charge is 0.496 e. The molecular weight excluding hydrogens is 589 g/mol. The van der Waals surface area contributed by atoms with Gasteiger partial charge < -0.3 is 19.9 Å². The molecule has 5 aromatic rings. The lowest BCUT2D eigenvalue weighted by Crippen LogP contribution is -2.50. The van der Waals surface area contributed by atoms with Crippen LogP contribution in [0.2, 0.25) is 0 Å². The van der Waals surface area contributed by atoms with Crippen molar-refractivity contribution in [3.8, 4) is 27.6 Å². The second kappa shape index (κ2) is 10.6. The number of hydrogen-bond acceptors (Lipinski definition) is 6. The second-order valence-electron chi connectivity index (χ2n) is 12.5. The number of thiophene rings is 1. The van der Waals surface area contributed by atoms with Gasteiger partial charge in [0.15, 0.2) is 0 Å². The van der Waals surface area contributed by atoms with E-state index in [0.29, 0.717) is 29.3 Å². The molecule has 8 nitrogen and oxygen atoms in total. The fraction of sp³-hybridized carbons (Fsp3) is 0.314. The van der Waals surface area contributed by atoms with Gasteiger partial charge in [0, 0.05) is 57.5 Å². The van der Waals surface area contributed by atoms with E-state index >= 15 is 0 Å². The fourth-order valence-electron chi connectivity index (χ4n) is 6.73. The van der Waals surface area contributed by atoms with Crippen molar-refractivity contribution in [1.29, 1.82) is 0 Å². The van der Waals surface area contributed by atoms with Crippen LogP contribution in [0.15, 0.2) is 53.5 Å². The maximum absolute atomic E-state index is 14.3. The smallest absolute Gasteiger partial charge is 0.277 e. The van der Waals surface area contributed by atoms with Gasteiger partial charge in [0.25, 0.3) is 11.8 Å². The molecule has 3 aliphatic rings. The number of methoxy groups -OCH3 is 1. The van der Waals surface area contributed by atoms with Gasteiger partial charge >= 0.3 is 0 Å². The minimum Gasteiger partial charge on any atom is -0.496 e. The lowest BCUT2D eigenvalue weighted by molar-refractivity contribution is 0.0606. The van der Waals surface area contributed by atoms with Crippen molar-refractivity contribution in [3.05, 3.63) is 70.8 Å². The van der Waals surface area contributed by atoms with Gasteiger partial charge in [0.05, 0.1) is 35.5 Å². The number of carbonyl (C=O) groups excluding carboxylic acids is 2. The van der Waals surface area contributed by atoms with Gasteiger partial charge in [-0.05, 0) is 80.1 Å². The van der Waals surface area contributed by atoms with Gasteiger partial charge in [0.1, 0.15) is 17.6 Å². The summed E-state index contributed by atoms with van der Waals surface area (Å²) in [5.74, 6) is 0.787. The first-order valence-electron chi connectivity index (χ1n) is 15.3. The highest BCUT2D eigenvalue weighted by atomic mass is 32.1. The Labute approximate surface area is 263 Å². The van der Waals surface area contributed by atoms with Gasteiger partial charge in [0.2, 0.25) is 0 Å². The third-order valence-corrected chi connectivity index (χ3v) is 10.5. The number of nitrogens with two attached hydrogens (primary N) is 1. The third-order valence-electron chi connectivity index (χ3n) is 9.19. The van der Waals surface area contributed by atoms with Crippen LogP contribution in [0, 0.1) is 12.8 Å². The second-order valence-corrected chi connectivity index (χ2v) is 13.5. The van der Waals surface area contributed by atoms with Crippen LogP contribution in [0.4, 0.5) is 4.39 Å². The molecular formula is C35H32FN5O3S. The van der Waals surface area contributed by atoms with Gasteiger partial charge in [-0.1, -0.05) is 6.07 Å². The van der Waals surface area contributed by atoms with E-state index in [1.54, 1.807) is 30.7 Å². The number of likely N-dealkylation sites (tertiary alicyclic amines) is 1. The van der Waals surface area contributed by atoms with Crippen LogP contribution in [0.25, 0.3) is 42.9 Å². The van der Waals surface area contributed by atoms with E-state index in [4.69, 9.17) is 15.5 Å². The molecule has 8 rings (SSSR count). The van der Waals surface area contributed by atoms with Crippen LogP contribution in [0.3, 0.4) is 0 Å². The average molecular weight is 622 g/mol. The first-order chi connectivity index (χ1) is 21.8. The van der Waals surface area contributed by atoms with Crippen molar-refractivity contribution in [2.45, 2.75) is 44.9 Å². The van der Waals surface area contributed by atoms with Crippen LogP contribution < -0.4 is 10.5 Å².